The van der Waals surface area contributed by atoms with Crippen molar-refractivity contribution >= 4 is 29.2 Å². The second kappa shape index (κ2) is 9.43. The smallest absolute Gasteiger partial charge is 0.233 e. The van der Waals surface area contributed by atoms with Gasteiger partial charge in [0, 0.05) is 51.2 Å². The molecule has 0 bridgehead atoms. The highest BCUT2D eigenvalue weighted by Gasteiger charge is 2.22. The Morgan fingerprint density at radius 2 is 1.66 bits per heavy atom. The molecule has 0 radical (unpaired) electrons. The molecular formula is C21H26FN5OS. The second-order valence-electron chi connectivity index (χ2n) is 7.38. The number of halogens is 1. The van der Waals surface area contributed by atoms with Gasteiger partial charge in [0.25, 0.3) is 0 Å². The first-order valence-corrected chi connectivity index (χ1v) is 11.2. The lowest BCUT2D eigenvalue weighted by Crippen LogP contribution is -2.49. The summed E-state index contributed by atoms with van der Waals surface area (Å²) in [5, 5.41) is 0.659. The zero-order valence-electron chi connectivity index (χ0n) is 16.5. The molecule has 2 fully saturated rings. The van der Waals surface area contributed by atoms with Gasteiger partial charge in [-0.2, -0.15) is 0 Å². The highest BCUT2D eigenvalue weighted by Crippen LogP contribution is 2.22. The zero-order valence-corrected chi connectivity index (χ0v) is 17.3. The number of amides is 1. The Labute approximate surface area is 175 Å². The maximum Gasteiger partial charge on any atom is 0.233 e. The van der Waals surface area contributed by atoms with Crippen LogP contribution in [-0.2, 0) is 4.79 Å². The van der Waals surface area contributed by atoms with Gasteiger partial charge < -0.3 is 14.7 Å². The molecule has 3 heterocycles. The van der Waals surface area contributed by atoms with Crippen molar-refractivity contribution in [2.45, 2.75) is 24.4 Å². The Bertz CT molecular complexity index is 820. The molecule has 0 N–H and O–H groups in total. The SMILES string of the molecule is O=C(CSc1nccc(N2CCCCC2)n1)N1CCN(c2ccc(F)cc2)CC1. The Morgan fingerprint density at radius 3 is 2.38 bits per heavy atom. The van der Waals surface area contributed by atoms with Crippen molar-refractivity contribution < 1.29 is 9.18 Å². The first-order chi connectivity index (χ1) is 14.2. The van der Waals surface area contributed by atoms with E-state index in [1.54, 1.807) is 18.3 Å². The number of anilines is 2. The predicted octanol–water partition coefficient (Wildman–Crippen LogP) is 3.05. The van der Waals surface area contributed by atoms with E-state index in [1.807, 2.05) is 11.0 Å². The minimum absolute atomic E-state index is 0.112. The lowest BCUT2D eigenvalue weighted by atomic mass is 10.1. The quantitative estimate of drug-likeness (QED) is 0.553. The number of nitrogens with zero attached hydrogens (tertiary/aromatic N) is 5. The van der Waals surface area contributed by atoms with E-state index in [-0.39, 0.29) is 11.7 Å². The van der Waals surface area contributed by atoms with E-state index < -0.39 is 0 Å². The van der Waals surface area contributed by atoms with Gasteiger partial charge in [-0.1, -0.05) is 11.8 Å². The van der Waals surface area contributed by atoms with Crippen LogP contribution in [0.4, 0.5) is 15.9 Å². The molecule has 8 heteroatoms. The standard InChI is InChI=1S/C21H26FN5OS/c22-17-4-6-18(7-5-17)25-12-14-27(15-13-25)20(28)16-29-21-23-9-8-19(24-21)26-10-2-1-3-11-26/h4-9H,1-3,10-16H2. The molecule has 0 spiro atoms. The maximum absolute atomic E-state index is 13.1. The van der Waals surface area contributed by atoms with Crippen molar-refractivity contribution in [2.24, 2.45) is 0 Å². The number of rotatable bonds is 5. The Kier molecular flexibility index (Phi) is 6.49. The van der Waals surface area contributed by atoms with Crippen LogP contribution in [0.25, 0.3) is 0 Å². The van der Waals surface area contributed by atoms with Crippen LogP contribution in [0, 0.1) is 5.82 Å². The molecule has 1 aromatic heterocycles. The molecule has 0 saturated carbocycles. The lowest BCUT2D eigenvalue weighted by molar-refractivity contribution is -0.128. The van der Waals surface area contributed by atoms with Crippen LogP contribution in [0.15, 0.2) is 41.7 Å². The van der Waals surface area contributed by atoms with Crippen LogP contribution < -0.4 is 9.80 Å². The van der Waals surface area contributed by atoms with Gasteiger partial charge in [-0.15, -0.1) is 0 Å². The fourth-order valence-corrected chi connectivity index (χ4v) is 4.51. The summed E-state index contributed by atoms with van der Waals surface area (Å²) in [4.78, 5) is 28.0. The van der Waals surface area contributed by atoms with Crippen LogP contribution in [0.5, 0.6) is 0 Å². The topological polar surface area (TPSA) is 52.6 Å². The summed E-state index contributed by atoms with van der Waals surface area (Å²) < 4.78 is 13.1. The number of hydrogen-bond acceptors (Lipinski definition) is 6. The monoisotopic (exact) mass is 415 g/mol. The number of thioether (sulfide) groups is 1. The van der Waals surface area contributed by atoms with Gasteiger partial charge >= 0.3 is 0 Å². The summed E-state index contributed by atoms with van der Waals surface area (Å²) in [5.74, 6) is 1.19. The van der Waals surface area contributed by atoms with Crippen molar-refractivity contribution in [1.29, 1.82) is 0 Å². The fraction of sp³-hybridized carbons (Fsp3) is 0.476. The minimum atomic E-state index is -0.230. The number of benzene rings is 1. The molecule has 4 rings (SSSR count). The molecule has 2 aliphatic rings. The van der Waals surface area contributed by atoms with E-state index in [2.05, 4.69) is 19.8 Å². The third-order valence-corrected chi connectivity index (χ3v) is 6.29. The number of carbonyl (C=O) groups is 1. The van der Waals surface area contributed by atoms with Crippen molar-refractivity contribution in [2.75, 3.05) is 54.8 Å². The third kappa shape index (κ3) is 5.18. The van der Waals surface area contributed by atoms with Crippen molar-refractivity contribution in [3.8, 4) is 0 Å². The second-order valence-corrected chi connectivity index (χ2v) is 8.32. The molecule has 154 valence electrons. The number of hydrogen-bond donors (Lipinski definition) is 0. The molecule has 0 aliphatic carbocycles. The average Bonchev–Trinajstić information content (AvgIpc) is 2.79. The van der Waals surface area contributed by atoms with Gasteiger partial charge in [0.05, 0.1) is 5.75 Å². The highest BCUT2D eigenvalue weighted by atomic mass is 32.2. The summed E-state index contributed by atoms with van der Waals surface area (Å²) in [6.45, 7) is 4.93. The molecule has 2 saturated heterocycles. The third-order valence-electron chi connectivity index (χ3n) is 5.45. The molecule has 1 amide bonds. The van der Waals surface area contributed by atoms with E-state index in [0.29, 0.717) is 24.0 Å². The number of piperidine rings is 1. The average molecular weight is 416 g/mol. The zero-order chi connectivity index (χ0) is 20.1. The molecular weight excluding hydrogens is 389 g/mol. The van der Waals surface area contributed by atoms with Gasteiger partial charge in [-0.3, -0.25) is 4.79 Å². The van der Waals surface area contributed by atoms with Crippen molar-refractivity contribution in [1.82, 2.24) is 14.9 Å². The van der Waals surface area contributed by atoms with Crippen molar-refractivity contribution in [3.63, 3.8) is 0 Å². The molecule has 6 nitrogen and oxygen atoms in total. The van der Waals surface area contributed by atoms with Crippen LogP contribution in [-0.4, -0.2) is 65.8 Å². The number of aromatic nitrogens is 2. The first kappa shape index (κ1) is 19.9. The largest absolute Gasteiger partial charge is 0.368 e. The van der Waals surface area contributed by atoms with Gasteiger partial charge in [-0.05, 0) is 49.6 Å². The van der Waals surface area contributed by atoms with Crippen LogP contribution in [0.2, 0.25) is 0 Å². The van der Waals surface area contributed by atoms with Crippen LogP contribution in [0.3, 0.4) is 0 Å². The van der Waals surface area contributed by atoms with Gasteiger partial charge in [0.2, 0.25) is 5.91 Å². The molecule has 2 aromatic rings. The normalized spacial score (nSPS) is 17.5. The summed E-state index contributed by atoms with van der Waals surface area (Å²) in [6.07, 6.45) is 5.47. The van der Waals surface area contributed by atoms with Crippen molar-refractivity contribution in [3.05, 3.63) is 42.3 Å². The number of carbonyl (C=O) groups excluding carboxylic acids is 1. The summed E-state index contributed by atoms with van der Waals surface area (Å²) in [7, 11) is 0. The predicted molar refractivity (Wildman–Crippen MR) is 114 cm³/mol. The molecule has 2 aliphatic heterocycles. The maximum atomic E-state index is 13.1. The van der Waals surface area contributed by atoms with Crippen LogP contribution in [0.1, 0.15) is 19.3 Å². The molecule has 0 unspecified atom stereocenters. The summed E-state index contributed by atoms with van der Waals surface area (Å²) in [6, 6.07) is 8.47. The molecule has 0 atom stereocenters. The summed E-state index contributed by atoms with van der Waals surface area (Å²) >= 11 is 1.40. The Hall–Kier alpha value is -2.35. The van der Waals surface area contributed by atoms with Gasteiger partial charge in [0.15, 0.2) is 5.16 Å². The van der Waals surface area contributed by atoms with E-state index in [9.17, 15) is 9.18 Å². The van der Waals surface area contributed by atoms with E-state index in [4.69, 9.17) is 0 Å². The Balaban J connectivity index is 1.26. The summed E-state index contributed by atoms with van der Waals surface area (Å²) in [5.41, 5.74) is 0.996. The van der Waals surface area contributed by atoms with E-state index in [1.165, 1.54) is 43.2 Å². The van der Waals surface area contributed by atoms with Gasteiger partial charge in [-0.25, -0.2) is 14.4 Å². The lowest BCUT2D eigenvalue weighted by Gasteiger charge is -2.36. The highest BCUT2D eigenvalue weighted by molar-refractivity contribution is 7.99. The van der Waals surface area contributed by atoms with Gasteiger partial charge in [0.1, 0.15) is 11.6 Å². The fourth-order valence-electron chi connectivity index (χ4n) is 3.78. The molecule has 1 aromatic carbocycles. The van der Waals surface area contributed by atoms with E-state index >= 15 is 0 Å². The Morgan fingerprint density at radius 1 is 0.931 bits per heavy atom. The minimum Gasteiger partial charge on any atom is -0.368 e. The van der Waals surface area contributed by atoms with E-state index in [0.717, 1.165) is 37.7 Å². The van der Waals surface area contributed by atoms with Crippen LogP contribution >= 0.6 is 11.8 Å². The molecule has 29 heavy (non-hydrogen) atoms. The first-order valence-electron chi connectivity index (χ1n) is 10.2. The number of piperazine rings is 1.